The van der Waals surface area contributed by atoms with Gasteiger partial charge in [-0.3, -0.25) is 4.79 Å². The molecule has 1 N–H and O–H groups in total. The van der Waals surface area contributed by atoms with E-state index in [-0.39, 0.29) is 11.8 Å². The van der Waals surface area contributed by atoms with E-state index in [4.69, 9.17) is 5.11 Å². The first kappa shape index (κ1) is 9.89. The van der Waals surface area contributed by atoms with Crippen molar-refractivity contribution in [3.63, 3.8) is 0 Å². The maximum Gasteiger partial charge on any atom is 0.307 e. The molecule has 0 saturated heterocycles. The molecule has 0 aromatic carbocycles. The minimum absolute atomic E-state index is 0.0556. The van der Waals surface area contributed by atoms with Crippen LogP contribution in [0.1, 0.15) is 24.6 Å². The zero-order valence-electron chi connectivity index (χ0n) is 8.50. The lowest BCUT2D eigenvalue weighted by Gasteiger charge is -2.23. The van der Waals surface area contributed by atoms with Crippen molar-refractivity contribution in [3.8, 4) is 0 Å². The summed E-state index contributed by atoms with van der Waals surface area (Å²) in [4.78, 5) is 11.1. The number of aliphatic carboxylic acids is 1. The first-order valence-electron chi connectivity index (χ1n) is 4.92. The summed E-state index contributed by atoms with van der Waals surface area (Å²) < 4.78 is 1.79. The van der Waals surface area contributed by atoms with E-state index in [2.05, 4.69) is 10.2 Å². The summed E-state index contributed by atoms with van der Waals surface area (Å²) in [6.45, 7) is 0. The monoisotopic (exact) mass is 207 g/mol. The molecule has 15 heavy (non-hydrogen) atoms. The second kappa shape index (κ2) is 3.84. The van der Waals surface area contributed by atoms with Crippen molar-refractivity contribution >= 4 is 5.97 Å². The van der Waals surface area contributed by atoms with Gasteiger partial charge in [0.1, 0.15) is 12.2 Å². The van der Waals surface area contributed by atoms with E-state index in [1.165, 1.54) is 0 Å². The molecule has 1 aliphatic rings. The van der Waals surface area contributed by atoms with E-state index in [1.807, 2.05) is 19.2 Å². The third kappa shape index (κ3) is 1.77. The fourth-order valence-electron chi connectivity index (χ4n) is 2.00. The molecule has 0 amide bonds. The van der Waals surface area contributed by atoms with Crippen LogP contribution in [0, 0.1) is 5.92 Å². The normalized spacial score (nSPS) is 25.4. The molecule has 1 aliphatic carbocycles. The summed E-state index contributed by atoms with van der Waals surface area (Å²) in [7, 11) is 1.84. The summed E-state index contributed by atoms with van der Waals surface area (Å²) in [5, 5.41) is 16.9. The second-order valence-electron chi connectivity index (χ2n) is 3.79. The van der Waals surface area contributed by atoms with Crippen LogP contribution in [0.3, 0.4) is 0 Å². The van der Waals surface area contributed by atoms with E-state index in [1.54, 1.807) is 10.9 Å². The van der Waals surface area contributed by atoms with E-state index in [0.717, 1.165) is 12.2 Å². The number of aryl methyl sites for hydroxylation is 1. The summed E-state index contributed by atoms with van der Waals surface area (Å²) in [6.07, 6.45) is 6.84. The third-order valence-electron chi connectivity index (χ3n) is 2.83. The first-order chi connectivity index (χ1) is 7.20. The van der Waals surface area contributed by atoms with Gasteiger partial charge in [0.2, 0.25) is 0 Å². The van der Waals surface area contributed by atoms with Gasteiger partial charge in [-0.2, -0.15) is 0 Å². The highest BCUT2D eigenvalue weighted by molar-refractivity contribution is 5.71. The molecule has 2 rings (SSSR count). The average molecular weight is 207 g/mol. The Kier molecular flexibility index (Phi) is 2.53. The van der Waals surface area contributed by atoms with Gasteiger partial charge in [0.25, 0.3) is 0 Å². The second-order valence-corrected chi connectivity index (χ2v) is 3.79. The van der Waals surface area contributed by atoms with E-state index >= 15 is 0 Å². The minimum Gasteiger partial charge on any atom is -0.481 e. The summed E-state index contributed by atoms with van der Waals surface area (Å²) in [5.74, 6) is -0.433. The predicted octanol–water partition coefficient (Wildman–Crippen LogP) is 0.949. The lowest BCUT2D eigenvalue weighted by Crippen LogP contribution is -2.25. The molecule has 2 atom stereocenters. The van der Waals surface area contributed by atoms with Gasteiger partial charge in [-0.1, -0.05) is 12.2 Å². The third-order valence-corrected chi connectivity index (χ3v) is 2.83. The van der Waals surface area contributed by atoms with Crippen molar-refractivity contribution in [2.24, 2.45) is 13.0 Å². The molecule has 5 heteroatoms. The summed E-state index contributed by atoms with van der Waals surface area (Å²) in [5.41, 5.74) is 0. The molecule has 0 saturated carbocycles. The van der Waals surface area contributed by atoms with E-state index in [0.29, 0.717) is 6.42 Å². The van der Waals surface area contributed by atoms with Gasteiger partial charge in [-0.15, -0.1) is 10.2 Å². The Labute approximate surface area is 87.4 Å². The number of rotatable bonds is 2. The average Bonchev–Trinajstić information content (AvgIpc) is 2.64. The van der Waals surface area contributed by atoms with Crippen LogP contribution >= 0.6 is 0 Å². The molecule has 1 aromatic heterocycles. The van der Waals surface area contributed by atoms with Crippen molar-refractivity contribution in [2.45, 2.75) is 18.8 Å². The number of hydrogen-bond donors (Lipinski definition) is 1. The highest BCUT2D eigenvalue weighted by Gasteiger charge is 2.32. The number of nitrogens with zero attached hydrogens (tertiary/aromatic N) is 3. The molecule has 5 nitrogen and oxygen atoms in total. The molecule has 1 heterocycles. The van der Waals surface area contributed by atoms with Crippen molar-refractivity contribution in [3.05, 3.63) is 24.3 Å². The Morgan fingerprint density at radius 3 is 2.87 bits per heavy atom. The first-order valence-corrected chi connectivity index (χ1v) is 4.92. The number of allylic oxidation sites excluding steroid dienone is 2. The van der Waals surface area contributed by atoms with Gasteiger partial charge in [0.05, 0.1) is 5.92 Å². The molecule has 0 aliphatic heterocycles. The smallest absolute Gasteiger partial charge is 0.307 e. The van der Waals surface area contributed by atoms with Crippen LogP contribution in [0.25, 0.3) is 0 Å². The number of carboxylic acids is 1. The standard InChI is InChI=1S/C10H13N3O2/c1-13-6-11-12-9(13)7-4-2-3-5-8(7)10(14)15/h2-3,6-8H,4-5H2,1H3,(H,14,15). The van der Waals surface area contributed by atoms with Crippen LogP contribution in [0.15, 0.2) is 18.5 Å². The molecule has 1 aromatic rings. The molecule has 0 spiro atoms. The molecule has 80 valence electrons. The van der Waals surface area contributed by atoms with E-state index < -0.39 is 5.97 Å². The number of aromatic nitrogens is 3. The number of hydrogen-bond acceptors (Lipinski definition) is 3. The lowest BCUT2D eigenvalue weighted by atomic mass is 9.82. The van der Waals surface area contributed by atoms with Gasteiger partial charge in [-0.05, 0) is 12.8 Å². The Morgan fingerprint density at radius 2 is 2.27 bits per heavy atom. The van der Waals surface area contributed by atoms with Gasteiger partial charge in [0.15, 0.2) is 0 Å². The van der Waals surface area contributed by atoms with Crippen LogP contribution in [0.5, 0.6) is 0 Å². The maximum absolute atomic E-state index is 11.1. The molecule has 0 radical (unpaired) electrons. The molecule has 0 bridgehead atoms. The lowest BCUT2D eigenvalue weighted by molar-refractivity contribution is -0.142. The predicted molar refractivity (Wildman–Crippen MR) is 53.2 cm³/mol. The van der Waals surface area contributed by atoms with Crippen molar-refractivity contribution < 1.29 is 9.90 Å². The number of carboxylic acid groups (broad SMARTS) is 1. The fraction of sp³-hybridized carbons (Fsp3) is 0.500. The molecular formula is C10H13N3O2. The van der Waals surface area contributed by atoms with Gasteiger partial charge in [-0.25, -0.2) is 0 Å². The minimum atomic E-state index is -0.757. The van der Waals surface area contributed by atoms with Crippen LogP contribution in [-0.2, 0) is 11.8 Å². The molecular weight excluding hydrogens is 194 g/mol. The van der Waals surface area contributed by atoms with Gasteiger partial charge >= 0.3 is 5.97 Å². The zero-order valence-corrected chi connectivity index (χ0v) is 8.50. The topological polar surface area (TPSA) is 68.0 Å². The van der Waals surface area contributed by atoms with Crippen LogP contribution in [0.2, 0.25) is 0 Å². The van der Waals surface area contributed by atoms with Crippen LogP contribution in [0.4, 0.5) is 0 Å². The largest absolute Gasteiger partial charge is 0.481 e. The van der Waals surface area contributed by atoms with Gasteiger partial charge < -0.3 is 9.67 Å². The summed E-state index contributed by atoms with van der Waals surface area (Å²) >= 11 is 0. The Bertz CT molecular complexity index is 397. The highest BCUT2D eigenvalue weighted by atomic mass is 16.4. The van der Waals surface area contributed by atoms with Crippen molar-refractivity contribution in [1.29, 1.82) is 0 Å². The molecule has 0 fully saturated rings. The molecule has 2 unspecified atom stereocenters. The van der Waals surface area contributed by atoms with Gasteiger partial charge in [0, 0.05) is 13.0 Å². The van der Waals surface area contributed by atoms with Crippen molar-refractivity contribution in [2.75, 3.05) is 0 Å². The quantitative estimate of drug-likeness (QED) is 0.733. The van der Waals surface area contributed by atoms with Crippen molar-refractivity contribution in [1.82, 2.24) is 14.8 Å². The van der Waals surface area contributed by atoms with Crippen LogP contribution in [-0.4, -0.2) is 25.8 Å². The highest BCUT2D eigenvalue weighted by Crippen LogP contribution is 2.33. The summed E-state index contributed by atoms with van der Waals surface area (Å²) in [6, 6.07) is 0. The fourth-order valence-corrected chi connectivity index (χ4v) is 2.00. The zero-order chi connectivity index (χ0) is 10.8. The Morgan fingerprint density at radius 1 is 1.53 bits per heavy atom. The van der Waals surface area contributed by atoms with E-state index in [9.17, 15) is 4.79 Å². The Balaban J connectivity index is 2.30. The number of carbonyl (C=O) groups is 1. The van der Waals surface area contributed by atoms with Crippen LogP contribution < -0.4 is 0 Å². The maximum atomic E-state index is 11.1. The Hall–Kier alpha value is -1.65. The SMILES string of the molecule is Cn1cnnc1C1CC=CCC1C(=O)O.